The minimum atomic E-state index is 0.609. The predicted octanol–water partition coefficient (Wildman–Crippen LogP) is 2.44. The first kappa shape index (κ1) is 7.59. The smallest absolute Gasteiger partial charge is 0.0934 e. The minimum absolute atomic E-state index is 0.609. The molecule has 1 aliphatic heterocycles. The van der Waals surface area contributed by atoms with Crippen LogP contribution in [0.1, 0.15) is 17.4 Å². The van der Waals surface area contributed by atoms with Gasteiger partial charge in [-0.25, -0.2) is 0 Å². The lowest BCUT2D eigenvalue weighted by Crippen LogP contribution is -2.31. The molecular formula is C8H10ClNS. The van der Waals surface area contributed by atoms with E-state index in [1.54, 1.807) is 11.3 Å². The summed E-state index contributed by atoms with van der Waals surface area (Å²) >= 11 is 7.61. The predicted molar refractivity (Wildman–Crippen MR) is 49.3 cm³/mol. The number of thiophene rings is 1. The molecule has 0 bridgehead atoms. The highest BCUT2D eigenvalue weighted by Crippen LogP contribution is 2.29. The number of hydrogen-bond acceptors (Lipinski definition) is 2. The van der Waals surface area contributed by atoms with Crippen molar-refractivity contribution < 1.29 is 0 Å². The number of rotatable bonds is 0. The highest BCUT2D eigenvalue weighted by Gasteiger charge is 2.16. The van der Waals surface area contributed by atoms with Gasteiger partial charge in [-0.05, 0) is 25.0 Å². The molecule has 1 atom stereocenters. The van der Waals surface area contributed by atoms with Crippen LogP contribution in [0.2, 0.25) is 4.34 Å². The molecule has 3 heteroatoms. The Morgan fingerprint density at radius 3 is 3.36 bits per heavy atom. The lowest BCUT2D eigenvalue weighted by Gasteiger charge is -2.19. The van der Waals surface area contributed by atoms with Gasteiger partial charge in [0.25, 0.3) is 0 Å². The first-order chi connectivity index (χ1) is 5.25. The number of nitrogens with one attached hydrogen (secondary N) is 1. The molecule has 0 saturated heterocycles. The molecule has 0 spiro atoms. The van der Waals surface area contributed by atoms with E-state index in [1.807, 2.05) is 0 Å². The van der Waals surface area contributed by atoms with Crippen LogP contribution >= 0.6 is 22.9 Å². The average Bonchev–Trinajstić information content (AvgIpc) is 2.27. The van der Waals surface area contributed by atoms with Gasteiger partial charge in [0.2, 0.25) is 0 Å². The maximum absolute atomic E-state index is 5.89. The van der Waals surface area contributed by atoms with Crippen molar-refractivity contribution in [2.45, 2.75) is 25.9 Å². The highest BCUT2D eigenvalue weighted by molar-refractivity contribution is 7.16. The normalized spacial score (nSPS) is 23.3. The van der Waals surface area contributed by atoms with Gasteiger partial charge in [0.1, 0.15) is 0 Å². The van der Waals surface area contributed by atoms with Crippen molar-refractivity contribution in [3.63, 3.8) is 0 Å². The molecule has 2 rings (SSSR count). The molecule has 1 aromatic heterocycles. The zero-order chi connectivity index (χ0) is 7.84. The fourth-order valence-corrected chi connectivity index (χ4v) is 2.83. The average molecular weight is 188 g/mol. The van der Waals surface area contributed by atoms with Crippen LogP contribution in [0.4, 0.5) is 0 Å². The van der Waals surface area contributed by atoms with Crippen LogP contribution in [-0.4, -0.2) is 6.04 Å². The largest absolute Gasteiger partial charge is 0.310 e. The Morgan fingerprint density at radius 1 is 1.73 bits per heavy atom. The third-order valence-corrected chi connectivity index (χ3v) is 3.33. The van der Waals surface area contributed by atoms with Gasteiger partial charge in [-0.3, -0.25) is 0 Å². The third-order valence-electron chi connectivity index (χ3n) is 2.00. The summed E-state index contributed by atoms with van der Waals surface area (Å²) in [6.07, 6.45) is 1.13. The van der Waals surface area contributed by atoms with Crippen molar-refractivity contribution in [3.8, 4) is 0 Å². The summed E-state index contributed by atoms with van der Waals surface area (Å²) in [7, 11) is 0. The molecule has 11 heavy (non-hydrogen) atoms. The third kappa shape index (κ3) is 1.43. The Hall–Kier alpha value is -0.0500. The van der Waals surface area contributed by atoms with E-state index in [9.17, 15) is 0 Å². The summed E-state index contributed by atoms with van der Waals surface area (Å²) in [5.74, 6) is 0. The van der Waals surface area contributed by atoms with Crippen LogP contribution in [-0.2, 0) is 13.0 Å². The Labute approximate surface area is 75.4 Å². The zero-order valence-electron chi connectivity index (χ0n) is 6.36. The van der Waals surface area contributed by atoms with E-state index in [2.05, 4.69) is 18.3 Å². The molecule has 0 fully saturated rings. The topological polar surface area (TPSA) is 12.0 Å². The molecule has 0 radical (unpaired) electrons. The summed E-state index contributed by atoms with van der Waals surface area (Å²) < 4.78 is 0.922. The molecule has 1 N–H and O–H groups in total. The van der Waals surface area contributed by atoms with Crippen LogP contribution in [0.5, 0.6) is 0 Å². The standard InChI is InChI=1S/C8H10ClNS/c1-5-2-7-6(4-10-5)3-8(9)11-7/h3,5,10H,2,4H2,1H3. The van der Waals surface area contributed by atoms with E-state index in [0.717, 1.165) is 17.3 Å². The quantitative estimate of drug-likeness (QED) is 0.658. The summed E-state index contributed by atoms with van der Waals surface area (Å²) in [5, 5.41) is 3.40. The van der Waals surface area contributed by atoms with Crippen molar-refractivity contribution in [2.24, 2.45) is 0 Å². The fraction of sp³-hybridized carbons (Fsp3) is 0.500. The van der Waals surface area contributed by atoms with E-state index in [-0.39, 0.29) is 0 Å². The maximum Gasteiger partial charge on any atom is 0.0934 e. The second kappa shape index (κ2) is 2.77. The summed E-state index contributed by atoms with van der Waals surface area (Å²) in [6.45, 7) is 3.19. The Bertz CT molecular complexity index is 269. The fourth-order valence-electron chi connectivity index (χ4n) is 1.39. The summed E-state index contributed by atoms with van der Waals surface area (Å²) in [5.41, 5.74) is 1.39. The van der Waals surface area contributed by atoms with Crippen LogP contribution in [0.3, 0.4) is 0 Å². The maximum atomic E-state index is 5.89. The number of halogens is 1. The van der Waals surface area contributed by atoms with E-state index >= 15 is 0 Å². The van der Waals surface area contributed by atoms with E-state index < -0.39 is 0 Å². The second-order valence-electron chi connectivity index (χ2n) is 2.98. The minimum Gasteiger partial charge on any atom is -0.310 e. The van der Waals surface area contributed by atoms with Crippen molar-refractivity contribution in [1.82, 2.24) is 5.32 Å². The molecule has 60 valence electrons. The molecule has 2 heterocycles. The Balaban J connectivity index is 2.34. The number of fused-ring (bicyclic) bond motifs is 1. The lowest BCUT2D eigenvalue weighted by molar-refractivity contribution is 0.520. The van der Waals surface area contributed by atoms with Gasteiger partial charge >= 0.3 is 0 Å². The Morgan fingerprint density at radius 2 is 2.55 bits per heavy atom. The molecular weight excluding hydrogens is 178 g/mol. The Kier molecular flexibility index (Phi) is 1.91. The van der Waals surface area contributed by atoms with Gasteiger partial charge < -0.3 is 5.32 Å². The summed E-state index contributed by atoms with van der Waals surface area (Å²) in [4.78, 5) is 1.46. The van der Waals surface area contributed by atoms with Crippen LogP contribution in [0.25, 0.3) is 0 Å². The summed E-state index contributed by atoms with van der Waals surface area (Å²) in [6, 6.07) is 2.68. The van der Waals surface area contributed by atoms with E-state index in [1.165, 1.54) is 10.4 Å². The zero-order valence-corrected chi connectivity index (χ0v) is 7.93. The monoisotopic (exact) mass is 187 g/mol. The molecule has 1 nitrogen and oxygen atoms in total. The van der Waals surface area contributed by atoms with Crippen LogP contribution in [0, 0.1) is 0 Å². The van der Waals surface area contributed by atoms with Gasteiger partial charge in [0.05, 0.1) is 4.34 Å². The molecule has 1 aliphatic rings. The molecule has 0 aromatic carbocycles. The van der Waals surface area contributed by atoms with E-state index in [0.29, 0.717) is 6.04 Å². The SMILES string of the molecule is CC1Cc2sc(Cl)cc2CN1. The number of hydrogen-bond donors (Lipinski definition) is 1. The second-order valence-corrected chi connectivity index (χ2v) is 4.75. The molecule has 0 saturated carbocycles. The first-order valence-electron chi connectivity index (χ1n) is 3.76. The lowest BCUT2D eigenvalue weighted by atomic mass is 10.1. The van der Waals surface area contributed by atoms with Crippen LogP contribution < -0.4 is 5.32 Å². The van der Waals surface area contributed by atoms with Crippen molar-refractivity contribution in [3.05, 3.63) is 20.8 Å². The van der Waals surface area contributed by atoms with Crippen LogP contribution in [0.15, 0.2) is 6.07 Å². The van der Waals surface area contributed by atoms with Crippen molar-refractivity contribution in [1.29, 1.82) is 0 Å². The highest BCUT2D eigenvalue weighted by atomic mass is 35.5. The molecule has 1 unspecified atom stereocenters. The molecule has 0 amide bonds. The van der Waals surface area contributed by atoms with Gasteiger partial charge in [0.15, 0.2) is 0 Å². The van der Waals surface area contributed by atoms with Gasteiger partial charge in [-0.15, -0.1) is 11.3 Å². The van der Waals surface area contributed by atoms with Gasteiger partial charge in [0, 0.05) is 17.5 Å². The first-order valence-corrected chi connectivity index (χ1v) is 4.95. The van der Waals surface area contributed by atoms with Crippen molar-refractivity contribution >= 4 is 22.9 Å². The van der Waals surface area contributed by atoms with E-state index in [4.69, 9.17) is 11.6 Å². The van der Waals surface area contributed by atoms with Gasteiger partial charge in [-0.2, -0.15) is 0 Å². The molecule has 1 aromatic rings. The van der Waals surface area contributed by atoms with Crippen molar-refractivity contribution in [2.75, 3.05) is 0 Å². The van der Waals surface area contributed by atoms with Gasteiger partial charge in [-0.1, -0.05) is 11.6 Å². The molecule has 0 aliphatic carbocycles.